The van der Waals surface area contributed by atoms with Gasteiger partial charge in [-0.2, -0.15) is 4.58 Å². The van der Waals surface area contributed by atoms with Crippen molar-refractivity contribution < 1.29 is 9.37 Å². The molecule has 3 aromatic rings. The zero-order valence-corrected chi connectivity index (χ0v) is 17.9. The van der Waals surface area contributed by atoms with Gasteiger partial charge < -0.3 is 9.80 Å². The molecule has 0 aliphatic carbocycles. The Morgan fingerprint density at radius 2 is 1.62 bits per heavy atom. The molecule has 0 spiro atoms. The van der Waals surface area contributed by atoms with E-state index in [4.69, 9.17) is 0 Å². The summed E-state index contributed by atoms with van der Waals surface area (Å²) in [5, 5.41) is 2.20. The van der Waals surface area contributed by atoms with Crippen LogP contribution in [-0.2, 0) is 0 Å². The largest absolute Gasteiger partial charge is 0.378 e. The molecule has 1 aliphatic heterocycles. The second-order valence-electron chi connectivity index (χ2n) is 7.69. The van der Waals surface area contributed by atoms with Crippen molar-refractivity contribution in [2.45, 2.75) is 13.8 Å². The summed E-state index contributed by atoms with van der Waals surface area (Å²) in [5.41, 5.74) is 6.66. The van der Waals surface area contributed by atoms with E-state index in [9.17, 15) is 4.79 Å². The molecule has 1 heterocycles. The first kappa shape index (κ1) is 19.2. The van der Waals surface area contributed by atoms with Crippen molar-refractivity contribution >= 4 is 33.8 Å². The Balaban J connectivity index is 1.87. The highest BCUT2D eigenvalue weighted by Crippen LogP contribution is 2.38. The van der Waals surface area contributed by atoms with Crippen LogP contribution in [0.2, 0.25) is 0 Å². The molecule has 0 atom stereocenters. The Kier molecular flexibility index (Phi) is 4.87. The van der Waals surface area contributed by atoms with E-state index in [1.54, 1.807) is 0 Å². The highest BCUT2D eigenvalue weighted by molar-refractivity contribution is 6.24. The van der Waals surface area contributed by atoms with E-state index in [1.165, 1.54) is 27.9 Å². The van der Waals surface area contributed by atoms with E-state index < -0.39 is 0 Å². The van der Waals surface area contributed by atoms with Gasteiger partial charge in [-0.05, 0) is 50.2 Å². The zero-order chi connectivity index (χ0) is 20.7. The Labute approximate surface area is 172 Å². The average Bonchev–Trinajstić information content (AvgIpc) is 3.02. The van der Waals surface area contributed by atoms with Crippen molar-refractivity contribution in [3.8, 4) is 0 Å². The van der Waals surface area contributed by atoms with Gasteiger partial charge >= 0.3 is 0 Å². The van der Waals surface area contributed by atoms with Gasteiger partial charge in [-0.15, -0.1) is 0 Å². The third-order valence-electron chi connectivity index (χ3n) is 5.91. The number of anilines is 1. The predicted octanol–water partition coefficient (Wildman–Crippen LogP) is 4.51. The monoisotopic (exact) mass is 386 g/mol. The van der Waals surface area contributed by atoms with Crippen LogP contribution < -0.4 is 4.90 Å². The quantitative estimate of drug-likeness (QED) is 0.603. The average molecular weight is 387 g/mol. The van der Waals surface area contributed by atoms with Crippen molar-refractivity contribution in [3.05, 3.63) is 71.3 Å². The first-order valence-corrected chi connectivity index (χ1v) is 10.2. The Hall–Kier alpha value is -3.14. The highest BCUT2D eigenvalue weighted by atomic mass is 16.2. The minimum Gasteiger partial charge on any atom is -0.378 e. The van der Waals surface area contributed by atoms with Crippen molar-refractivity contribution in [1.82, 2.24) is 4.90 Å². The van der Waals surface area contributed by atoms with E-state index in [1.807, 2.05) is 24.8 Å². The van der Waals surface area contributed by atoms with E-state index >= 15 is 0 Å². The van der Waals surface area contributed by atoms with Gasteiger partial charge in [0.1, 0.15) is 7.05 Å². The summed E-state index contributed by atoms with van der Waals surface area (Å²) in [6.07, 6.45) is 0. The topological polar surface area (TPSA) is 26.6 Å². The molecular formula is C25H28N3O+. The maximum atomic E-state index is 13.1. The number of benzene rings is 3. The van der Waals surface area contributed by atoms with Gasteiger partial charge in [-0.1, -0.05) is 12.1 Å². The lowest BCUT2D eigenvalue weighted by Crippen LogP contribution is -2.30. The van der Waals surface area contributed by atoms with Crippen LogP contribution in [0.1, 0.15) is 35.3 Å². The molecule has 0 unspecified atom stereocenters. The van der Waals surface area contributed by atoms with Crippen LogP contribution in [0.15, 0.2) is 54.6 Å². The van der Waals surface area contributed by atoms with Crippen LogP contribution in [0.3, 0.4) is 0 Å². The Morgan fingerprint density at radius 1 is 0.931 bits per heavy atom. The highest BCUT2D eigenvalue weighted by Gasteiger charge is 2.32. The van der Waals surface area contributed by atoms with Crippen LogP contribution in [0.25, 0.3) is 10.8 Å². The fraction of sp³-hybridized carbons (Fsp3) is 0.280. The smallest absolute Gasteiger partial charge is 0.254 e. The molecule has 148 valence electrons. The molecule has 0 fully saturated rings. The number of hydrogen-bond acceptors (Lipinski definition) is 2. The van der Waals surface area contributed by atoms with Gasteiger partial charge in [0.15, 0.2) is 0 Å². The fourth-order valence-electron chi connectivity index (χ4n) is 4.30. The molecular weight excluding hydrogens is 358 g/mol. The van der Waals surface area contributed by atoms with Gasteiger partial charge in [0.2, 0.25) is 11.4 Å². The number of carbonyl (C=O) groups excluding carboxylic acids is 1. The third kappa shape index (κ3) is 3.00. The molecule has 3 aromatic carbocycles. The number of hydrogen-bond donors (Lipinski definition) is 0. The van der Waals surface area contributed by atoms with E-state index in [-0.39, 0.29) is 5.91 Å². The molecule has 0 N–H and O–H groups in total. The fourth-order valence-corrected chi connectivity index (χ4v) is 4.30. The molecule has 29 heavy (non-hydrogen) atoms. The molecule has 1 aliphatic rings. The minimum atomic E-state index is 0.102. The number of nitrogens with zero attached hydrogens (tertiary/aromatic N) is 3. The van der Waals surface area contributed by atoms with Gasteiger partial charge in [0.25, 0.3) is 5.91 Å². The molecule has 0 saturated carbocycles. The van der Waals surface area contributed by atoms with Crippen molar-refractivity contribution in [3.63, 3.8) is 0 Å². The Bertz CT molecular complexity index is 1120. The van der Waals surface area contributed by atoms with Crippen LogP contribution >= 0.6 is 0 Å². The lowest BCUT2D eigenvalue weighted by molar-refractivity contribution is -0.399. The molecule has 1 amide bonds. The number of rotatable bonds is 5. The van der Waals surface area contributed by atoms with E-state index in [0.29, 0.717) is 13.1 Å². The molecule has 4 rings (SSSR count). The summed E-state index contributed by atoms with van der Waals surface area (Å²) in [7, 11) is 6.21. The summed E-state index contributed by atoms with van der Waals surface area (Å²) < 4.78 is 2.24. The molecule has 0 aromatic heterocycles. The molecule has 4 nitrogen and oxygen atoms in total. The maximum Gasteiger partial charge on any atom is 0.254 e. The van der Waals surface area contributed by atoms with Gasteiger partial charge in [0, 0.05) is 55.5 Å². The van der Waals surface area contributed by atoms with Crippen molar-refractivity contribution in [1.29, 1.82) is 0 Å². The van der Waals surface area contributed by atoms with Crippen molar-refractivity contribution in [2.24, 2.45) is 0 Å². The van der Waals surface area contributed by atoms with E-state index in [2.05, 4.69) is 79.1 Å². The standard InChI is InChI=1S/C25H28N3O/c1-6-28(7-2)25(29)20-15-16-21-23-19(20)9-8-10-22(23)27(5)24(21)17-11-13-18(14-12-17)26(3)4/h8-16H,6-7H2,1-5H3/q+1. The minimum absolute atomic E-state index is 0.102. The molecule has 0 bridgehead atoms. The number of carbonyl (C=O) groups is 1. The molecule has 0 saturated heterocycles. The van der Waals surface area contributed by atoms with Crippen LogP contribution in [0.4, 0.5) is 11.4 Å². The maximum absolute atomic E-state index is 13.1. The lowest BCUT2D eigenvalue weighted by atomic mass is 9.94. The van der Waals surface area contributed by atoms with E-state index in [0.717, 1.165) is 16.6 Å². The summed E-state index contributed by atoms with van der Waals surface area (Å²) in [6.45, 7) is 5.48. The van der Waals surface area contributed by atoms with Gasteiger partial charge in [0.05, 0.1) is 10.9 Å². The second-order valence-corrected chi connectivity index (χ2v) is 7.69. The summed E-state index contributed by atoms with van der Waals surface area (Å²) in [5.74, 6) is 0.102. The summed E-state index contributed by atoms with van der Waals surface area (Å²) >= 11 is 0. The SMILES string of the molecule is CCN(CC)C(=O)c1ccc2c3c(cccc13)[N+](C)=C2c1ccc(N(C)C)cc1. The molecule has 4 heteroatoms. The normalized spacial score (nSPS) is 12.6. The predicted molar refractivity (Wildman–Crippen MR) is 121 cm³/mol. The zero-order valence-electron chi connectivity index (χ0n) is 17.9. The Morgan fingerprint density at radius 3 is 2.24 bits per heavy atom. The van der Waals surface area contributed by atoms with Gasteiger partial charge in [-0.25, -0.2) is 0 Å². The van der Waals surface area contributed by atoms with Crippen molar-refractivity contribution in [2.75, 3.05) is 39.1 Å². The van der Waals surface area contributed by atoms with Crippen LogP contribution in [-0.4, -0.2) is 55.3 Å². The summed E-state index contributed by atoms with van der Waals surface area (Å²) in [4.78, 5) is 17.1. The lowest BCUT2D eigenvalue weighted by Gasteiger charge is -2.19. The van der Waals surface area contributed by atoms with Crippen LogP contribution in [0.5, 0.6) is 0 Å². The van der Waals surface area contributed by atoms with Gasteiger partial charge in [-0.3, -0.25) is 4.79 Å². The summed E-state index contributed by atoms with van der Waals surface area (Å²) in [6, 6.07) is 19.0. The van der Waals surface area contributed by atoms with Crippen LogP contribution in [0, 0.1) is 0 Å². The number of amides is 1. The second kappa shape index (κ2) is 7.36. The first-order valence-electron chi connectivity index (χ1n) is 10.2. The molecule has 0 radical (unpaired) electrons. The third-order valence-corrected chi connectivity index (χ3v) is 5.91. The first-order chi connectivity index (χ1) is 14.0.